The summed E-state index contributed by atoms with van der Waals surface area (Å²) in [7, 11) is -3.25. The Balaban J connectivity index is 1.28. The van der Waals surface area contributed by atoms with Crippen LogP contribution in [-0.4, -0.2) is 57.8 Å². The van der Waals surface area contributed by atoms with E-state index in [0.29, 0.717) is 73.1 Å². The van der Waals surface area contributed by atoms with Crippen LogP contribution in [0.5, 0.6) is 0 Å². The van der Waals surface area contributed by atoms with Gasteiger partial charge < -0.3 is 19.2 Å². The smallest absolute Gasteiger partial charge is 0.271 e. The second-order valence-electron chi connectivity index (χ2n) is 9.77. The van der Waals surface area contributed by atoms with Gasteiger partial charge in [0.15, 0.2) is 22.0 Å². The molecule has 0 spiro atoms. The molecule has 1 aromatic carbocycles. The number of halogens is 1. The Bertz CT molecular complexity index is 1440. The molecule has 188 valence electrons. The number of rotatable bonds is 8. The lowest BCUT2D eigenvalue weighted by atomic mass is 10.1. The molecule has 3 heterocycles. The lowest BCUT2D eigenvalue weighted by Crippen LogP contribution is -2.48. The van der Waals surface area contributed by atoms with Crippen LogP contribution in [-0.2, 0) is 22.9 Å². The highest BCUT2D eigenvalue weighted by atomic mass is 35.5. The fourth-order valence-corrected chi connectivity index (χ4v) is 7.58. The number of nitrogens with one attached hydrogen (secondary N) is 1. The van der Waals surface area contributed by atoms with E-state index in [0.717, 1.165) is 5.56 Å². The highest BCUT2D eigenvalue weighted by molar-refractivity contribution is 7.94. The van der Waals surface area contributed by atoms with Crippen molar-refractivity contribution in [2.75, 3.05) is 13.1 Å². The average molecular weight is 529 g/mol. The van der Waals surface area contributed by atoms with E-state index in [4.69, 9.17) is 16.0 Å². The first-order chi connectivity index (χ1) is 17.3. The zero-order chi connectivity index (χ0) is 25.1. The summed E-state index contributed by atoms with van der Waals surface area (Å²) in [5.41, 5.74) is 2.01. The zero-order valence-corrected chi connectivity index (χ0v) is 21.0. The lowest BCUT2D eigenvalue weighted by Gasteiger charge is -2.32. The summed E-state index contributed by atoms with van der Waals surface area (Å²) in [6.45, 7) is 1.19. The molecule has 2 aliphatic carbocycles. The number of nitrogens with zero attached hydrogens (tertiary/aromatic N) is 3. The summed E-state index contributed by atoms with van der Waals surface area (Å²) in [6, 6.07) is 8.82. The number of hydrogen-bond acceptors (Lipinski definition) is 6. The number of fused-ring (bicyclic) bond motifs is 1. The average Bonchev–Trinajstić information content (AvgIpc) is 3.77. The minimum Gasteiger partial charge on any atom is -0.443 e. The summed E-state index contributed by atoms with van der Waals surface area (Å²) >= 11 is 5.94. The number of aromatic nitrogens is 2. The van der Waals surface area contributed by atoms with Crippen molar-refractivity contribution < 1.29 is 22.4 Å². The Hall–Kier alpha value is -3.11. The first-order valence-corrected chi connectivity index (χ1v) is 13.9. The van der Waals surface area contributed by atoms with Crippen LogP contribution in [0.3, 0.4) is 0 Å². The molecule has 2 amide bonds. The van der Waals surface area contributed by atoms with Crippen molar-refractivity contribution in [3.05, 3.63) is 64.9 Å². The molecule has 0 radical (unpaired) electrons. The van der Waals surface area contributed by atoms with Crippen molar-refractivity contribution in [3.8, 4) is 11.3 Å². The Labute approximate surface area is 213 Å². The fourth-order valence-electron chi connectivity index (χ4n) is 4.99. The minimum atomic E-state index is -3.25. The molecule has 0 bridgehead atoms. The van der Waals surface area contributed by atoms with Gasteiger partial charge in [-0.1, -0.05) is 23.7 Å². The van der Waals surface area contributed by atoms with Gasteiger partial charge in [0.05, 0.1) is 21.8 Å². The summed E-state index contributed by atoms with van der Waals surface area (Å²) in [4.78, 5) is 32.5. The van der Waals surface area contributed by atoms with E-state index >= 15 is 0 Å². The van der Waals surface area contributed by atoms with E-state index in [-0.39, 0.29) is 23.6 Å². The fraction of sp³-hybridized carbons (Fsp3) is 0.400. The third-order valence-electron chi connectivity index (χ3n) is 7.33. The topological polar surface area (TPSA) is 115 Å². The largest absolute Gasteiger partial charge is 0.443 e. The van der Waals surface area contributed by atoms with E-state index in [2.05, 4.69) is 10.3 Å². The normalized spacial score (nSPS) is 18.7. The van der Waals surface area contributed by atoms with E-state index < -0.39 is 14.6 Å². The molecule has 2 aromatic heterocycles. The quantitative estimate of drug-likeness (QED) is 0.480. The van der Waals surface area contributed by atoms with Crippen molar-refractivity contribution in [2.45, 2.75) is 48.8 Å². The Morgan fingerprint density at radius 3 is 2.58 bits per heavy atom. The van der Waals surface area contributed by atoms with Crippen LogP contribution in [0.1, 0.15) is 52.2 Å². The molecular formula is C25H25ClN4O5S. The minimum absolute atomic E-state index is 0.184. The molecule has 3 aromatic rings. The van der Waals surface area contributed by atoms with Crippen LogP contribution in [0.2, 0.25) is 5.02 Å². The molecule has 2 fully saturated rings. The van der Waals surface area contributed by atoms with Gasteiger partial charge >= 0.3 is 0 Å². The summed E-state index contributed by atoms with van der Waals surface area (Å²) in [5.74, 6) is -0.257. The van der Waals surface area contributed by atoms with E-state index in [9.17, 15) is 18.0 Å². The maximum absolute atomic E-state index is 13.7. The standard InChI is InChI=1S/C25H25ClN4O5S/c26-17-3-1-16(2-4-17)12-28-23(31)20-11-19(21-13-27-15-35-21)22-24(32)29(9-10-30(20)22)14-25(7-8-25)36(33,34)18-5-6-18/h1-4,11,13,15,18H,5-10,12,14H2,(H,28,31). The number of hydrogen-bond donors (Lipinski definition) is 1. The monoisotopic (exact) mass is 528 g/mol. The maximum Gasteiger partial charge on any atom is 0.271 e. The number of sulfone groups is 1. The highest BCUT2D eigenvalue weighted by Crippen LogP contribution is 2.51. The molecule has 11 heteroatoms. The summed E-state index contributed by atoms with van der Waals surface area (Å²) < 4.78 is 32.4. The number of carbonyl (C=O) groups excluding carboxylic acids is 2. The van der Waals surface area contributed by atoms with Gasteiger partial charge in [0.2, 0.25) is 0 Å². The molecule has 6 rings (SSSR count). The molecule has 1 aliphatic heterocycles. The van der Waals surface area contributed by atoms with Crippen LogP contribution >= 0.6 is 11.6 Å². The van der Waals surface area contributed by atoms with Crippen LogP contribution in [0.15, 0.2) is 47.3 Å². The molecule has 0 unspecified atom stereocenters. The lowest BCUT2D eigenvalue weighted by molar-refractivity contribution is 0.0699. The molecular weight excluding hydrogens is 504 g/mol. The first-order valence-electron chi connectivity index (χ1n) is 12.0. The predicted octanol–water partition coefficient (Wildman–Crippen LogP) is 3.29. The molecule has 9 nitrogen and oxygen atoms in total. The Kier molecular flexibility index (Phi) is 5.49. The SMILES string of the molecule is O=C(NCc1ccc(Cl)cc1)c1cc(-c2cnco2)c2n1CCN(CC1(S(=O)(=O)C3CC3)CC1)C2=O. The van der Waals surface area contributed by atoms with Gasteiger partial charge in [-0.2, -0.15) is 0 Å². The molecule has 1 N–H and O–H groups in total. The van der Waals surface area contributed by atoms with Crippen molar-refractivity contribution >= 4 is 33.3 Å². The molecule has 2 saturated carbocycles. The molecule has 0 atom stereocenters. The van der Waals surface area contributed by atoms with Crippen LogP contribution in [0, 0.1) is 0 Å². The molecule has 0 saturated heterocycles. The van der Waals surface area contributed by atoms with Gasteiger partial charge in [-0.15, -0.1) is 0 Å². The third kappa shape index (κ3) is 3.92. The van der Waals surface area contributed by atoms with Crippen LogP contribution in [0.4, 0.5) is 0 Å². The highest BCUT2D eigenvalue weighted by Gasteiger charge is 2.60. The zero-order valence-electron chi connectivity index (χ0n) is 19.4. The Morgan fingerprint density at radius 2 is 1.94 bits per heavy atom. The second-order valence-corrected chi connectivity index (χ2v) is 12.8. The summed E-state index contributed by atoms with van der Waals surface area (Å²) in [6.07, 6.45) is 5.37. The van der Waals surface area contributed by atoms with Crippen molar-refractivity contribution in [3.63, 3.8) is 0 Å². The second kappa shape index (κ2) is 8.48. The predicted molar refractivity (Wildman–Crippen MR) is 132 cm³/mol. The van der Waals surface area contributed by atoms with Crippen LogP contribution < -0.4 is 5.32 Å². The Morgan fingerprint density at radius 1 is 1.19 bits per heavy atom. The molecule has 3 aliphatic rings. The van der Waals surface area contributed by atoms with E-state index in [1.807, 2.05) is 12.1 Å². The van der Waals surface area contributed by atoms with Gasteiger partial charge in [0, 0.05) is 31.2 Å². The van der Waals surface area contributed by atoms with E-state index in [1.54, 1.807) is 27.7 Å². The van der Waals surface area contributed by atoms with E-state index in [1.165, 1.54) is 12.6 Å². The van der Waals surface area contributed by atoms with Crippen molar-refractivity contribution in [2.24, 2.45) is 0 Å². The van der Waals surface area contributed by atoms with Crippen LogP contribution in [0.25, 0.3) is 11.3 Å². The number of carbonyl (C=O) groups is 2. The molecule has 36 heavy (non-hydrogen) atoms. The van der Waals surface area contributed by atoms with Crippen molar-refractivity contribution in [1.29, 1.82) is 0 Å². The van der Waals surface area contributed by atoms with Gasteiger partial charge in [0.25, 0.3) is 11.8 Å². The van der Waals surface area contributed by atoms with Gasteiger partial charge in [0.1, 0.15) is 11.4 Å². The summed E-state index contributed by atoms with van der Waals surface area (Å²) in [5, 5.41) is 3.26. The number of oxazole rings is 1. The van der Waals surface area contributed by atoms with Gasteiger partial charge in [-0.05, 0) is 49.4 Å². The van der Waals surface area contributed by atoms with Gasteiger partial charge in [-0.3, -0.25) is 9.59 Å². The first kappa shape index (κ1) is 23.3. The number of amides is 2. The third-order valence-corrected chi connectivity index (χ3v) is 10.7. The van der Waals surface area contributed by atoms with Crippen molar-refractivity contribution in [1.82, 2.24) is 19.8 Å². The maximum atomic E-state index is 13.7. The van der Waals surface area contributed by atoms with Gasteiger partial charge in [-0.25, -0.2) is 13.4 Å². The number of benzene rings is 1.